The fraction of sp³-hybridized carbons (Fsp3) is 0.350. The molecule has 3 rings (SSSR count). The number of nitrogens with zero attached hydrogens (tertiary/aromatic N) is 3. The minimum absolute atomic E-state index is 0.0399. The van der Waals surface area contributed by atoms with Crippen molar-refractivity contribution in [2.24, 2.45) is 5.10 Å². The van der Waals surface area contributed by atoms with Crippen molar-refractivity contribution in [1.29, 1.82) is 0 Å². The van der Waals surface area contributed by atoms with Crippen LogP contribution >= 0.6 is 0 Å². The number of benzene rings is 2. The number of methoxy groups -OCH3 is 3. The van der Waals surface area contributed by atoms with Gasteiger partial charge in [0.05, 0.1) is 42.9 Å². The van der Waals surface area contributed by atoms with E-state index < -0.39 is 20.6 Å². The van der Waals surface area contributed by atoms with Gasteiger partial charge in [-0.25, -0.2) is 8.42 Å². The van der Waals surface area contributed by atoms with Gasteiger partial charge in [-0.3, -0.25) is 15.5 Å². The summed E-state index contributed by atoms with van der Waals surface area (Å²) in [7, 11) is 0.679. The molecule has 0 amide bonds. The molecular weight excluding hydrogens is 440 g/mol. The molecule has 1 N–H and O–H groups in total. The Hall–Kier alpha value is -3.38. The zero-order chi connectivity index (χ0) is 23.3. The Labute approximate surface area is 185 Å². The largest absolute Gasteiger partial charge is 0.496 e. The maximum Gasteiger partial charge on any atom is 0.295 e. The molecule has 32 heavy (non-hydrogen) atoms. The quantitative estimate of drug-likeness (QED) is 0.340. The Morgan fingerprint density at radius 2 is 1.69 bits per heavy atom. The summed E-state index contributed by atoms with van der Waals surface area (Å²) in [5, 5.41) is 15.6. The summed E-state index contributed by atoms with van der Waals surface area (Å²) >= 11 is 0. The highest BCUT2D eigenvalue weighted by Crippen LogP contribution is 2.33. The molecule has 11 nitrogen and oxygen atoms in total. The number of ether oxygens (including phenoxy) is 3. The van der Waals surface area contributed by atoms with Gasteiger partial charge in [0.1, 0.15) is 22.9 Å². The van der Waals surface area contributed by atoms with E-state index in [0.717, 1.165) is 18.9 Å². The fourth-order valence-electron chi connectivity index (χ4n) is 3.32. The van der Waals surface area contributed by atoms with E-state index in [9.17, 15) is 18.5 Å². The number of hydrazone groups is 1. The summed E-state index contributed by atoms with van der Waals surface area (Å²) < 4.78 is 42.7. The monoisotopic (exact) mass is 464 g/mol. The molecular formula is C20H24N4O7S. The highest BCUT2D eigenvalue weighted by Gasteiger charge is 2.29. The third-order valence-electron chi connectivity index (χ3n) is 5.00. The minimum atomic E-state index is -3.78. The van der Waals surface area contributed by atoms with E-state index in [0.29, 0.717) is 35.9 Å². The van der Waals surface area contributed by atoms with Crippen LogP contribution in [0.3, 0.4) is 0 Å². The summed E-state index contributed by atoms with van der Waals surface area (Å²) in [6, 6.07) is 6.97. The molecule has 1 aliphatic heterocycles. The molecule has 1 aliphatic rings. The topological polar surface area (TPSA) is 133 Å². The highest BCUT2D eigenvalue weighted by atomic mass is 32.2. The lowest BCUT2D eigenvalue weighted by molar-refractivity contribution is -0.384. The lowest BCUT2D eigenvalue weighted by Gasteiger charge is -2.15. The highest BCUT2D eigenvalue weighted by molar-refractivity contribution is 7.89. The predicted octanol–water partition coefficient (Wildman–Crippen LogP) is 2.85. The van der Waals surface area contributed by atoms with E-state index in [-0.39, 0.29) is 10.6 Å². The number of nitrogens with one attached hydrogen (secondary N) is 1. The molecule has 0 bridgehead atoms. The predicted molar refractivity (Wildman–Crippen MR) is 118 cm³/mol. The smallest absolute Gasteiger partial charge is 0.295 e. The molecule has 172 valence electrons. The van der Waals surface area contributed by atoms with Crippen LogP contribution in [0.1, 0.15) is 18.4 Å². The van der Waals surface area contributed by atoms with Crippen LogP contribution in [0.25, 0.3) is 0 Å². The van der Waals surface area contributed by atoms with Gasteiger partial charge in [-0.05, 0) is 25.0 Å². The van der Waals surface area contributed by atoms with Gasteiger partial charge in [0.25, 0.3) is 5.69 Å². The first-order valence-electron chi connectivity index (χ1n) is 9.69. The Morgan fingerprint density at radius 1 is 1.06 bits per heavy atom. The molecule has 0 aromatic heterocycles. The van der Waals surface area contributed by atoms with Crippen LogP contribution in [0.4, 0.5) is 11.4 Å². The second kappa shape index (κ2) is 9.83. The third-order valence-corrected chi connectivity index (χ3v) is 6.90. The number of rotatable bonds is 9. The average Bonchev–Trinajstić information content (AvgIpc) is 3.34. The van der Waals surface area contributed by atoms with Crippen LogP contribution in [0.15, 0.2) is 40.3 Å². The van der Waals surface area contributed by atoms with Crippen LogP contribution < -0.4 is 19.6 Å². The van der Waals surface area contributed by atoms with Gasteiger partial charge in [-0.1, -0.05) is 0 Å². The third kappa shape index (κ3) is 4.75. The average molecular weight is 465 g/mol. The van der Waals surface area contributed by atoms with Crippen molar-refractivity contribution in [2.75, 3.05) is 39.8 Å². The first-order chi connectivity index (χ1) is 15.3. The maximum atomic E-state index is 12.7. The molecule has 2 aromatic carbocycles. The first kappa shape index (κ1) is 23.3. The van der Waals surface area contributed by atoms with Crippen molar-refractivity contribution >= 4 is 27.6 Å². The normalized spacial score (nSPS) is 14.5. The van der Waals surface area contributed by atoms with Crippen molar-refractivity contribution in [1.82, 2.24) is 4.31 Å². The van der Waals surface area contributed by atoms with Gasteiger partial charge in [0, 0.05) is 31.3 Å². The molecule has 1 fully saturated rings. The first-order valence-corrected chi connectivity index (χ1v) is 11.1. The standard InChI is InChI=1S/C20H24N4O7S/c1-29-14-10-19(30-2)16(20(11-14)31-3)13-21-22-17-7-6-15(12-18(17)24(25)26)32(27,28)23-8-4-5-9-23/h6-7,10-13,22H,4-5,8-9H2,1-3H3/b21-13+. The number of sulfonamides is 1. The van der Waals surface area contributed by atoms with Gasteiger partial charge in [0.15, 0.2) is 0 Å². The molecule has 0 atom stereocenters. The Kier molecular flexibility index (Phi) is 7.15. The number of anilines is 1. The van der Waals surface area contributed by atoms with Crippen LogP contribution in [0.2, 0.25) is 0 Å². The summed E-state index contributed by atoms with van der Waals surface area (Å²) in [5.41, 5.74) is 2.72. The van der Waals surface area contributed by atoms with Crippen molar-refractivity contribution in [3.8, 4) is 17.2 Å². The minimum Gasteiger partial charge on any atom is -0.496 e. The molecule has 12 heteroatoms. The number of nitro benzene ring substituents is 1. The summed E-state index contributed by atoms with van der Waals surface area (Å²) in [6.45, 7) is 0.817. The van der Waals surface area contributed by atoms with Gasteiger partial charge >= 0.3 is 0 Å². The van der Waals surface area contributed by atoms with E-state index in [1.165, 1.54) is 44.0 Å². The van der Waals surface area contributed by atoms with Gasteiger partial charge in [0.2, 0.25) is 10.0 Å². The number of hydrogen-bond donors (Lipinski definition) is 1. The number of nitro groups is 1. The van der Waals surface area contributed by atoms with E-state index in [2.05, 4.69) is 10.5 Å². The molecule has 1 heterocycles. The van der Waals surface area contributed by atoms with Crippen LogP contribution in [0, 0.1) is 10.1 Å². The Balaban J connectivity index is 1.90. The van der Waals surface area contributed by atoms with Crippen LogP contribution in [-0.2, 0) is 10.0 Å². The van der Waals surface area contributed by atoms with Crippen LogP contribution in [-0.4, -0.2) is 58.3 Å². The molecule has 0 saturated carbocycles. The summed E-state index contributed by atoms with van der Waals surface area (Å²) in [5.74, 6) is 1.37. The second-order valence-electron chi connectivity index (χ2n) is 6.86. The second-order valence-corrected chi connectivity index (χ2v) is 8.80. The summed E-state index contributed by atoms with van der Waals surface area (Å²) in [6.07, 6.45) is 2.93. The lowest BCUT2D eigenvalue weighted by Crippen LogP contribution is -2.27. The van der Waals surface area contributed by atoms with Crippen molar-refractivity contribution in [3.63, 3.8) is 0 Å². The molecule has 0 spiro atoms. The Bertz CT molecular complexity index is 1100. The van der Waals surface area contributed by atoms with Gasteiger partial charge in [-0.2, -0.15) is 9.41 Å². The van der Waals surface area contributed by atoms with Crippen molar-refractivity contribution in [2.45, 2.75) is 17.7 Å². The van der Waals surface area contributed by atoms with E-state index in [1.807, 2.05) is 0 Å². The van der Waals surface area contributed by atoms with Gasteiger partial charge in [-0.15, -0.1) is 0 Å². The molecule has 0 unspecified atom stereocenters. The summed E-state index contributed by atoms with van der Waals surface area (Å²) in [4.78, 5) is 10.8. The zero-order valence-electron chi connectivity index (χ0n) is 17.9. The van der Waals surface area contributed by atoms with Crippen molar-refractivity contribution < 1.29 is 27.6 Å². The van der Waals surface area contributed by atoms with E-state index in [4.69, 9.17) is 14.2 Å². The fourth-order valence-corrected chi connectivity index (χ4v) is 4.86. The molecule has 0 radical (unpaired) electrons. The lowest BCUT2D eigenvalue weighted by atomic mass is 10.2. The zero-order valence-corrected chi connectivity index (χ0v) is 18.7. The Morgan fingerprint density at radius 3 is 2.22 bits per heavy atom. The van der Waals surface area contributed by atoms with E-state index >= 15 is 0 Å². The molecule has 2 aromatic rings. The number of hydrogen-bond acceptors (Lipinski definition) is 9. The van der Waals surface area contributed by atoms with Gasteiger partial charge < -0.3 is 14.2 Å². The van der Waals surface area contributed by atoms with Crippen LogP contribution in [0.5, 0.6) is 17.2 Å². The maximum absolute atomic E-state index is 12.7. The molecule has 0 aliphatic carbocycles. The van der Waals surface area contributed by atoms with E-state index in [1.54, 1.807) is 12.1 Å². The van der Waals surface area contributed by atoms with Crippen molar-refractivity contribution in [3.05, 3.63) is 46.0 Å². The molecule has 1 saturated heterocycles. The SMILES string of the molecule is COc1cc(OC)c(/C=N/Nc2ccc(S(=O)(=O)N3CCCC3)cc2[N+](=O)[O-])c(OC)c1.